The first kappa shape index (κ1) is 30.0. The number of hydrogen-bond acceptors (Lipinski definition) is 10. The molecule has 2 aliphatic rings. The molecule has 44 heavy (non-hydrogen) atoms. The van der Waals surface area contributed by atoms with E-state index in [4.69, 9.17) is 14.7 Å². The highest BCUT2D eigenvalue weighted by Crippen LogP contribution is 2.31. The number of nitrogens with zero attached hydrogens (tertiary/aromatic N) is 8. The van der Waals surface area contributed by atoms with Gasteiger partial charge < -0.3 is 24.8 Å². The zero-order valence-corrected chi connectivity index (χ0v) is 26.5. The zero-order valence-electron chi connectivity index (χ0n) is 26.5. The van der Waals surface area contributed by atoms with Gasteiger partial charge in [-0.05, 0) is 82.6 Å². The van der Waals surface area contributed by atoms with Crippen LogP contribution in [0.25, 0.3) is 22.2 Å². The molecule has 6 rings (SSSR count). The van der Waals surface area contributed by atoms with E-state index < -0.39 is 0 Å². The van der Waals surface area contributed by atoms with Crippen LogP contribution < -0.4 is 20.5 Å². The molecule has 0 aliphatic carbocycles. The van der Waals surface area contributed by atoms with Gasteiger partial charge in [-0.1, -0.05) is 6.92 Å². The zero-order chi connectivity index (χ0) is 30.8. The average molecular weight is 598 g/mol. The maximum Gasteiger partial charge on any atom is 0.316 e. The minimum absolute atomic E-state index is 0.00307. The van der Waals surface area contributed by atoms with E-state index in [0.717, 1.165) is 81.7 Å². The minimum atomic E-state index is -0.0795. The smallest absolute Gasteiger partial charge is 0.316 e. The van der Waals surface area contributed by atoms with Gasteiger partial charge >= 0.3 is 6.01 Å². The van der Waals surface area contributed by atoms with Gasteiger partial charge in [0.1, 0.15) is 5.65 Å². The van der Waals surface area contributed by atoms with Gasteiger partial charge in [0.05, 0.1) is 18.7 Å². The molecule has 3 aromatic heterocycles. The van der Waals surface area contributed by atoms with Crippen LogP contribution in [-0.2, 0) is 0 Å². The maximum absolute atomic E-state index is 14.4. The number of hydrogen-bond donors (Lipinski definition) is 1. The summed E-state index contributed by atoms with van der Waals surface area (Å²) in [5.74, 6) is 0.471. The number of anilines is 3. The Kier molecular flexibility index (Phi) is 8.76. The number of benzene rings is 1. The molecular formula is C33H43N9O2. The lowest BCUT2D eigenvalue weighted by Crippen LogP contribution is -2.44. The minimum Gasteiger partial charge on any atom is -0.467 e. The summed E-state index contributed by atoms with van der Waals surface area (Å²) >= 11 is 0. The Labute approximate surface area is 258 Å². The Balaban J connectivity index is 1.40. The van der Waals surface area contributed by atoms with Crippen LogP contribution in [0.2, 0.25) is 0 Å². The highest BCUT2D eigenvalue weighted by molar-refractivity contribution is 5.86. The fourth-order valence-corrected chi connectivity index (χ4v) is 6.65. The van der Waals surface area contributed by atoms with Crippen molar-refractivity contribution in [2.45, 2.75) is 46.1 Å². The number of aryl methyl sites for hydroxylation is 2. The molecule has 4 aromatic rings. The van der Waals surface area contributed by atoms with Crippen molar-refractivity contribution >= 4 is 28.4 Å². The first-order valence-electron chi connectivity index (χ1n) is 15.7. The molecule has 1 N–H and O–H groups in total. The van der Waals surface area contributed by atoms with Gasteiger partial charge in [0, 0.05) is 73.6 Å². The summed E-state index contributed by atoms with van der Waals surface area (Å²) < 4.78 is 7.06. The van der Waals surface area contributed by atoms with Crippen molar-refractivity contribution in [2.24, 2.45) is 0 Å². The predicted octanol–water partition coefficient (Wildman–Crippen LogP) is 4.42. The molecule has 0 spiro atoms. The van der Waals surface area contributed by atoms with Crippen LogP contribution in [0.1, 0.15) is 43.4 Å². The molecular weight excluding hydrogens is 554 g/mol. The molecule has 232 valence electrons. The van der Waals surface area contributed by atoms with Gasteiger partial charge in [0.2, 0.25) is 5.95 Å². The standard InChI is InChI=1S/C33H43N9O2/c1-6-11-40-12-7-8-26(21-40)42-30-27(23(3)29(31(42)43)24-18-35-33(44-5)36-19-24)20-34-32(38-30)37-25-9-10-28(22(2)17-25)41-15-13-39(4)14-16-41/h9-10,17-20,26H,6-8,11-16,21H2,1-5H3,(H,34,37,38)/t26-/m0/s1. The van der Waals surface area contributed by atoms with Crippen LogP contribution in [0.4, 0.5) is 17.3 Å². The average Bonchev–Trinajstić information content (AvgIpc) is 3.02. The monoisotopic (exact) mass is 597 g/mol. The number of piperidine rings is 1. The molecule has 0 radical (unpaired) electrons. The van der Waals surface area contributed by atoms with Crippen molar-refractivity contribution in [3.63, 3.8) is 0 Å². The van der Waals surface area contributed by atoms with E-state index in [1.165, 1.54) is 18.4 Å². The van der Waals surface area contributed by atoms with E-state index >= 15 is 0 Å². The number of pyridine rings is 1. The van der Waals surface area contributed by atoms with Crippen molar-refractivity contribution in [3.8, 4) is 17.1 Å². The number of likely N-dealkylation sites (tertiary alicyclic amines) is 1. The lowest BCUT2D eigenvalue weighted by Gasteiger charge is -2.35. The van der Waals surface area contributed by atoms with Gasteiger partial charge in [0.15, 0.2) is 0 Å². The number of piperazine rings is 1. The number of methoxy groups -OCH3 is 1. The van der Waals surface area contributed by atoms with E-state index in [1.54, 1.807) is 12.4 Å². The van der Waals surface area contributed by atoms with Crippen LogP contribution in [-0.4, -0.2) is 94.3 Å². The second-order valence-corrected chi connectivity index (χ2v) is 12.1. The van der Waals surface area contributed by atoms with Crippen LogP contribution in [0, 0.1) is 13.8 Å². The fraction of sp³-hybridized carbons (Fsp3) is 0.485. The number of nitrogens with one attached hydrogen (secondary N) is 1. The predicted molar refractivity (Wildman–Crippen MR) is 175 cm³/mol. The molecule has 0 unspecified atom stereocenters. The van der Waals surface area contributed by atoms with Gasteiger partial charge in [0.25, 0.3) is 5.56 Å². The summed E-state index contributed by atoms with van der Waals surface area (Å²) in [5.41, 5.74) is 6.01. The summed E-state index contributed by atoms with van der Waals surface area (Å²) in [5, 5.41) is 4.27. The van der Waals surface area contributed by atoms with Gasteiger partial charge in [-0.25, -0.2) is 15.0 Å². The fourth-order valence-electron chi connectivity index (χ4n) is 6.65. The number of rotatable bonds is 8. The molecule has 0 bridgehead atoms. The molecule has 2 aliphatic heterocycles. The summed E-state index contributed by atoms with van der Waals surface area (Å²) in [6.45, 7) is 13.4. The molecule has 0 amide bonds. The Morgan fingerprint density at radius 1 is 1.02 bits per heavy atom. The Bertz CT molecular complexity index is 1680. The quantitative estimate of drug-likeness (QED) is 0.314. The molecule has 11 nitrogen and oxygen atoms in total. The lowest BCUT2D eigenvalue weighted by atomic mass is 9.99. The molecule has 2 saturated heterocycles. The molecule has 0 saturated carbocycles. The molecule has 1 atom stereocenters. The second-order valence-electron chi connectivity index (χ2n) is 12.1. The van der Waals surface area contributed by atoms with Crippen molar-refractivity contribution in [3.05, 3.63) is 58.3 Å². The molecule has 2 fully saturated rings. The maximum atomic E-state index is 14.4. The van der Waals surface area contributed by atoms with Gasteiger partial charge in [-0.15, -0.1) is 0 Å². The summed E-state index contributed by atoms with van der Waals surface area (Å²) in [6, 6.07) is 6.68. The van der Waals surface area contributed by atoms with Crippen LogP contribution in [0.3, 0.4) is 0 Å². The largest absolute Gasteiger partial charge is 0.467 e. The first-order chi connectivity index (χ1) is 21.4. The van der Waals surface area contributed by atoms with Gasteiger partial charge in [-0.2, -0.15) is 4.98 Å². The van der Waals surface area contributed by atoms with Gasteiger partial charge in [-0.3, -0.25) is 9.36 Å². The topological polar surface area (TPSA) is 105 Å². The van der Waals surface area contributed by atoms with Crippen LogP contribution in [0.5, 0.6) is 6.01 Å². The highest BCUT2D eigenvalue weighted by atomic mass is 16.5. The number of likely N-dealkylation sites (N-methyl/N-ethyl adjacent to an activating group) is 1. The van der Waals surface area contributed by atoms with Crippen LogP contribution in [0.15, 0.2) is 41.6 Å². The Morgan fingerprint density at radius 3 is 2.50 bits per heavy atom. The van der Waals surface area contributed by atoms with E-state index in [-0.39, 0.29) is 17.6 Å². The SMILES string of the molecule is CCCN1CCC[C@H](n2c(=O)c(-c3cnc(OC)nc3)c(C)c3cnc(Nc4ccc(N5CCN(C)CC5)c(C)c4)nc32)C1. The highest BCUT2D eigenvalue weighted by Gasteiger charge is 2.27. The lowest BCUT2D eigenvalue weighted by molar-refractivity contribution is 0.178. The van der Waals surface area contributed by atoms with Crippen molar-refractivity contribution in [2.75, 3.05) is 70.2 Å². The van der Waals surface area contributed by atoms with E-state index in [1.807, 2.05) is 17.7 Å². The number of aromatic nitrogens is 5. The summed E-state index contributed by atoms with van der Waals surface area (Å²) in [4.78, 5) is 40.0. The molecule has 1 aromatic carbocycles. The Hall–Kier alpha value is -4.09. The summed E-state index contributed by atoms with van der Waals surface area (Å²) in [7, 11) is 3.70. The van der Waals surface area contributed by atoms with Crippen molar-refractivity contribution in [1.82, 2.24) is 34.3 Å². The van der Waals surface area contributed by atoms with E-state index in [2.05, 4.69) is 69.1 Å². The van der Waals surface area contributed by atoms with Crippen LogP contribution >= 0.6 is 0 Å². The van der Waals surface area contributed by atoms with Crippen molar-refractivity contribution in [1.29, 1.82) is 0 Å². The third kappa shape index (κ3) is 5.98. The summed E-state index contributed by atoms with van der Waals surface area (Å²) in [6.07, 6.45) is 8.16. The Morgan fingerprint density at radius 2 is 1.80 bits per heavy atom. The number of fused-ring (bicyclic) bond motifs is 1. The second kappa shape index (κ2) is 12.9. The molecule has 11 heteroatoms. The number of ether oxygens (including phenoxy) is 1. The first-order valence-corrected chi connectivity index (χ1v) is 15.7. The third-order valence-electron chi connectivity index (χ3n) is 8.99. The third-order valence-corrected chi connectivity index (χ3v) is 8.99. The van der Waals surface area contributed by atoms with E-state index in [0.29, 0.717) is 22.7 Å². The normalized spacial score (nSPS) is 18.1. The van der Waals surface area contributed by atoms with Crippen molar-refractivity contribution < 1.29 is 4.74 Å². The molecule has 5 heterocycles. The van der Waals surface area contributed by atoms with E-state index in [9.17, 15) is 4.79 Å².